The lowest BCUT2D eigenvalue weighted by molar-refractivity contribution is 0.173. The maximum absolute atomic E-state index is 8.79. The van der Waals surface area contributed by atoms with Crippen LogP contribution in [0.25, 0.3) is 6.08 Å². The summed E-state index contributed by atoms with van der Waals surface area (Å²) in [6.07, 6.45) is 4.02. The third-order valence-electron chi connectivity index (χ3n) is 3.78. The molecule has 2 aromatic carbocycles. The van der Waals surface area contributed by atoms with Crippen LogP contribution in [0.3, 0.4) is 0 Å². The fraction of sp³-hybridized carbons (Fsp3) is 0.263. The van der Waals surface area contributed by atoms with Gasteiger partial charge < -0.3 is 14.7 Å². The van der Waals surface area contributed by atoms with Crippen molar-refractivity contribution in [1.82, 2.24) is 5.48 Å². The highest BCUT2D eigenvalue weighted by atomic mass is 16.5. The van der Waals surface area contributed by atoms with Crippen LogP contribution in [0.5, 0.6) is 11.5 Å². The lowest BCUT2D eigenvalue weighted by atomic mass is 10.1. The second-order valence-electron chi connectivity index (χ2n) is 5.56. The molecule has 120 valence electrons. The van der Waals surface area contributed by atoms with Gasteiger partial charge in [0.15, 0.2) is 0 Å². The van der Waals surface area contributed by atoms with Crippen molar-refractivity contribution in [2.75, 3.05) is 19.8 Å². The van der Waals surface area contributed by atoms with E-state index in [0.29, 0.717) is 19.8 Å². The molecule has 1 aliphatic rings. The number of hydrogen-bond acceptors (Lipinski definition) is 4. The Morgan fingerprint density at radius 3 is 2.83 bits per heavy atom. The molecule has 1 heterocycles. The van der Waals surface area contributed by atoms with Crippen LogP contribution in [0, 0.1) is 0 Å². The van der Waals surface area contributed by atoms with Crippen molar-refractivity contribution in [2.45, 2.75) is 12.8 Å². The first-order valence-corrected chi connectivity index (χ1v) is 7.85. The fourth-order valence-corrected chi connectivity index (χ4v) is 2.61. The van der Waals surface area contributed by atoms with Gasteiger partial charge in [0.1, 0.15) is 18.1 Å². The molecule has 0 fully saturated rings. The fourth-order valence-electron chi connectivity index (χ4n) is 2.61. The SMILES string of the molecule is ONCC1=Cc2cc(OCCCc3ccccc3)ccc2OC1. The summed E-state index contributed by atoms with van der Waals surface area (Å²) in [5, 5.41) is 8.79. The predicted molar refractivity (Wildman–Crippen MR) is 90.0 cm³/mol. The van der Waals surface area contributed by atoms with Crippen LogP contribution in [-0.4, -0.2) is 25.0 Å². The molecular formula is C19H21NO3. The molecule has 23 heavy (non-hydrogen) atoms. The topological polar surface area (TPSA) is 50.7 Å². The van der Waals surface area contributed by atoms with Gasteiger partial charge in [-0.15, -0.1) is 0 Å². The zero-order valence-electron chi connectivity index (χ0n) is 13.0. The van der Waals surface area contributed by atoms with E-state index >= 15 is 0 Å². The van der Waals surface area contributed by atoms with E-state index in [-0.39, 0.29) is 0 Å². The van der Waals surface area contributed by atoms with E-state index in [2.05, 4.69) is 29.7 Å². The minimum Gasteiger partial charge on any atom is -0.494 e. The summed E-state index contributed by atoms with van der Waals surface area (Å²) in [7, 11) is 0. The van der Waals surface area contributed by atoms with Gasteiger partial charge in [0.05, 0.1) is 6.61 Å². The molecule has 0 unspecified atom stereocenters. The molecule has 3 rings (SSSR count). The van der Waals surface area contributed by atoms with Crippen molar-refractivity contribution in [3.63, 3.8) is 0 Å². The number of ether oxygens (including phenoxy) is 2. The van der Waals surface area contributed by atoms with Gasteiger partial charge in [-0.25, -0.2) is 5.48 Å². The Kier molecular flexibility index (Phi) is 5.29. The van der Waals surface area contributed by atoms with Crippen molar-refractivity contribution in [2.24, 2.45) is 0 Å². The molecule has 0 aromatic heterocycles. The third-order valence-corrected chi connectivity index (χ3v) is 3.78. The van der Waals surface area contributed by atoms with Crippen LogP contribution < -0.4 is 15.0 Å². The maximum atomic E-state index is 8.79. The van der Waals surface area contributed by atoms with Crippen molar-refractivity contribution in [3.8, 4) is 11.5 Å². The molecule has 2 aromatic rings. The zero-order chi connectivity index (χ0) is 15.9. The first-order chi connectivity index (χ1) is 11.3. The van der Waals surface area contributed by atoms with Crippen LogP contribution in [0.15, 0.2) is 54.1 Å². The lowest BCUT2D eigenvalue weighted by Crippen LogP contribution is -2.18. The molecule has 1 aliphatic heterocycles. The first-order valence-electron chi connectivity index (χ1n) is 7.85. The van der Waals surface area contributed by atoms with Gasteiger partial charge in [0.2, 0.25) is 0 Å². The molecule has 0 bridgehead atoms. The Morgan fingerprint density at radius 1 is 1.13 bits per heavy atom. The predicted octanol–water partition coefficient (Wildman–Crippen LogP) is 3.45. The Balaban J connectivity index is 1.54. The Morgan fingerprint density at radius 2 is 2.00 bits per heavy atom. The summed E-state index contributed by atoms with van der Waals surface area (Å²) >= 11 is 0. The highest BCUT2D eigenvalue weighted by molar-refractivity contribution is 5.64. The van der Waals surface area contributed by atoms with Crippen LogP contribution in [-0.2, 0) is 6.42 Å². The van der Waals surface area contributed by atoms with E-state index in [1.54, 1.807) is 0 Å². The molecule has 0 radical (unpaired) electrons. The van der Waals surface area contributed by atoms with E-state index in [4.69, 9.17) is 14.7 Å². The summed E-state index contributed by atoms with van der Waals surface area (Å²) in [6, 6.07) is 16.3. The maximum Gasteiger partial charge on any atom is 0.127 e. The molecule has 0 aliphatic carbocycles. The number of aryl methyl sites for hydroxylation is 1. The second-order valence-corrected chi connectivity index (χ2v) is 5.56. The zero-order valence-corrected chi connectivity index (χ0v) is 13.0. The molecule has 2 N–H and O–H groups in total. The number of hydroxylamine groups is 1. The summed E-state index contributed by atoms with van der Waals surface area (Å²) in [6.45, 7) is 1.59. The average Bonchev–Trinajstić information content (AvgIpc) is 2.60. The van der Waals surface area contributed by atoms with Gasteiger partial charge >= 0.3 is 0 Å². The van der Waals surface area contributed by atoms with E-state index in [0.717, 1.165) is 35.5 Å². The summed E-state index contributed by atoms with van der Waals surface area (Å²) in [5.41, 5.74) is 5.48. The third kappa shape index (κ3) is 4.34. The highest BCUT2D eigenvalue weighted by Gasteiger charge is 2.12. The number of fused-ring (bicyclic) bond motifs is 1. The van der Waals surface area contributed by atoms with Crippen LogP contribution in [0.2, 0.25) is 0 Å². The Hall–Kier alpha value is -2.30. The molecule has 0 saturated heterocycles. The molecule has 0 amide bonds. The minimum absolute atomic E-state index is 0.404. The highest BCUT2D eigenvalue weighted by Crippen LogP contribution is 2.29. The molecule has 4 nitrogen and oxygen atoms in total. The second kappa shape index (κ2) is 7.81. The summed E-state index contributed by atoms with van der Waals surface area (Å²) < 4.78 is 11.5. The lowest BCUT2D eigenvalue weighted by Gasteiger charge is -2.18. The van der Waals surface area contributed by atoms with Gasteiger partial charge in [0, 0.05) is 12.1 Å². The standard InChI is InChI=1S/C19H21NO3/c21-20-13-16-11-17-12-18(8-9-19(17)23-14-16)22-10-4-7-15-5-2-1-3-6-15/h1-3,5-6,8-9,11-12,20-21H,4,7,10,13-14H2. The van der Waals surface area contributed by atoms with Gasteiger partial charge in [-0.3, -0.25) is 0 Å². The van der Waals surface area contributed by atoms with Crippen molar-refractivity contribution in [3.05, 3.63) is 65.2 Å². The number of rotatable bonds is 7. The van der Waals surface area contributed by atoms with Crippen LogP contribution in [0.4, 0.5) is 0 Å². The van der Waals surface area contributed by atoms with E-state index in [1.807, 2.05) is 30.3 Å². The molecule has 4 heteroatoms. The van der Waals surface area contributed by atoms with Gasteiger partial charge in [0.25, 0.3) is 0 Å². The summed E-state index contributed by atoms with van der Waals surface area (Å²) in [4.78, 5) is 0. The van der Waals surface area contributed by atoms with Crippen molar-refractivity contribution < 1.29 is 14.7 Å². The molecule has 0 saturated carbocycles. The molecular weight excluding hydrogens is 290 g/mol. The van der Waals surface area contributed by atoms with Crippen LogP contribution in [0.1, 0.15) is 17.5 Å². The van der Waals surface area contributed by atoms with Gasteiger partial charge in [-0.1, -0.05) is 30.3 Å². The first kappa shape index (κ1) is 15.6. The largest absolute Gasteiger partial charge is 0.494 e. The average molecular weight is 311 g/mol. The van der Waals surface area contributed by atoms with Gasteiger partial charge in [-0.2, -0.15) is 0 Å². The smallest absolute Gasteiger partial charge is 0.127 e. The summed E-state index contributed by atoms with van der Waals surface area (Å²) in [5.74, 6) is 1.69. The van der Waals surface area contributed by atoms with Gasteiger partial charge in [-0.05, 0) is 48.3 Å². The molecule has 0 atom stereocenters. The Labute approximate surface area is 136 Å². The normalized spacial score (nSPS) is 13.0. The van der Waals surface area contributed by atoms with E-state index < -0.39 is 0 Å². The van der Waals surface area contributed by atoms with Crippen molar-refractivity contribution >= 4 is 6.08 Å². The number of hydrogen-bond donors (Lipinski definition) is 2. The number of benzene rings is 2. The van der Waals surface area contributed by atoms with E-state index in [1.165, 1.54) is 5.56 Å². The molecule has 0 spiro atoms. The minimum atomic E-state index is 0.404. The monoisotopic (exact) mass is 311 g/mol. The quantitative estimate of drug-likeness (QED) is 0.607. The Bertz CT molecular complexity index is 668. The van der Waals surface area contributed by atoms with E-state index in [9.17, 15) is 0 Å². The number of nitrogens with one attached hydrogen (secondary N) is 1. The van der Waals surface area contributed by atoms with Crippen molar-refractivity contribution in [1.29, 1.82) is 0 Å². The van der Waals surface area contributed by atoms with Crippen LogP contribution >= 0.6 is 0 Å².